The van der Waals surface area contributed by atoms with Gasteiger partial charge >= 0.3 is 0 Å². The monoisotopic (exact) mass is 262 g/mol. The highest BCUT2D eigenvalue weighted by molar-refractivity contribution is 5.84. The molecule has 0 saturated carbocycles. The van der Waals surface area contributed by atoms with E-state index < -0.39 is 0 Å². The van der Waals surface area contributed by atoms with Crippen molar-refractivity contribution in [1.29, 1.82) is 0 Å². The van der Waals surface area contributed by atoms with Crippen LogP contribution in [0.3, 0.4) is 0 Å². The summed E-state index contributed by atoms with van der Waals surface area (Å²) in [5, 5.41) is 0. The van der Waals surface area contributed by atoms with Crippen LogP contribution in [0.25, 0.3) is 0 Å². The number of morpholine rings is 1. The maximum absolute atomic E-state index is 12.7. The molecule has 0 aromatic heterocycles. The van der Waals surface area contributed by atoms with Crippen LogP contribution in [0.2, 0.25) is 0 Å². The topological polar surface area (TPSA) is 55.6 Å². The van der Waals surface area contributed by atoms with Crippen LogP contribution < -0.4 is 5.73 Å². The average molecular weight is 262 g/mol. The number of ether oxygens (including phenoxy) is 1. The number of nitrogens with zero attached hydrogens (tertiary/aromatic N) is 1. The van der Waals surface area contributed by atoms with Gasteiger partial charge in [-0.3, -0.25) is 4.79 Å². The lowest BCUT2D eigenvalue weighted by Crippen LogP contribution is -2.56. The second kappa shape index (κ2) is 5.21. The van der Waals surface area contributed by atoms with Crippen molar-refractivity contribution in [3.63, 3.8) is 0 Å². The number of carbonyl (C=O) groups is 1. The third-order valence-corrected chi connectivity index (χ3v) is 3.69. The first kappa shape index (κ1) is 13.9. The number of hydrogen-bond acceptors (Lipinski definition) is 3. The van der Waals surface area contributed by atoms with Crippen molar-refractivity contribution < 1.29 is 9.53 Å². The number of nitrogens with two attached hydrogens (primary N) is 1. The molecule has 1 aromatic rings. The van der Waals surface area contributed by atoms with E-state index in [2.05, 4.69) is 0 Å². The lowest BCUT2D eigenvalue weighted by atomic mass is 9.95. The molecule has 1 aromatic carbocycles. The molecular formula is C15H22N2O2. The van der Waals surface area contributed by atoms with Crippen LogP contribution in [0, 0.1) is 0 Å². The normalized spacial score (nSPS) is 20.1. The molecule has 1 amide bonds. The summed E-state index contributed by atoms with van der Waals surface area (Å²) in [6.45, 7) is 7.86. The Hall–Kier alpha value is -1.55. The highest BCUT2D eigenvalue weighted by Crippen LogP contribution is 2.26. The standard InChI is InChI=1S/C15H22N2O2/c1-11(12-5-4-6-13(16)9-12)14(18)17-7-8-19-10-15(17,2)3/h4-6,9,11H,7-8,10,16H2,1-3H3. The SMILES string of the molecule is CC(C(=O)N1CCOCC1(C)C)c1cccc(N)c1. The van der Waals surface area contributed by atoms with E-state index in [-0.39, 0.29) is 17.4 Å². The quantitative estimate of drug-likeness (QED) is 0.829. The van der Waals surface area contributed by atoms with Crippen molar-refractivity contribution in [2.24, 2.45) is 0 Å². The van der Waals surface area contributed by atoms with Gasteiger partial charge in [0, 0.05) is 12.2 Å². The zero-order valence-electron chi connectivity index (χ0n) is 11.8. The molecule has 1 heterocycles. The van der Waals surface area contributed by atoms with E-state index in [1.807, 2.05) is 49.9 Å². The Morgan fingerprint density at radius 3 is 2.84 bits per heavy atom. The van der Waals surface area contributed by atoms with Crippen molar-refractivity contribution >= 4 is 11.6 Å². The van der Waals surface area contributed by atoms with Crippen molar-refractivity contribution in [3.05, 3.63) is 29.8 Å². The van der Waals surface area contributed by atoms with Crippen LogP contribution in [-0.2, 0) is 9.53 Å². The van der Waals surface area contributed by atoms with E-state index in [4.69, 9.17) is 10.5 Å². The van der Waals surface area contributed by atoms with Gasteiger partial charge in [0.05, 0.1) is 24.7 Å². The van der Waals surface area contributed by atoms with Crippen LogP contribution >= 0.6 is 0 Å². The first-order valence-electron chi connectivity index (χ1n) is 6.66. The Labute approximate surface area is 114 Å². The molecule has 0 aliphatic carbocycles. The minimum atomic E-state index is -0.246. The number of amides is 1. The van der Waals surface area contributed by atoms with E-state index in [1.54, 1.807) is 0 Å². The van der Waals surface area contributed by atoms with Gasteiger partial charge in [0.25, 0.3) is 0 Å². The number of nitrogen functional groups attached to an aromatic ring is 1. The fourth-order valence-electron chi connectivity index (χ4n) is 2.47. The Morgan fingerprint density at radius 1 is 1.47 bits per heavy atom. The van der Waals surface area contributed by atoms with Gasteiger partial charge in [0.2, 0.25) is 5.91 Å². The minimum Gasteiger partial charge on any atom is -0.399 e. The molecule has 1 fully saturated rings. The summed E-state index contributed by atoms with van der Waals surface area (Å²) < 4.78 is 5.46. The number of rotatable bonds is 2. The fourth-order valence-corrected chi connectivity index (χ4v) is 2.47. The van der Waals surface area contributed by atoms with Crippen molar-refractivity contribution in [1.82, 2.24) is 4.90 Å². The molecule has 1 saturated heterocycles. The summed E-state index contributed by atoms with van der Waals surface area (Å²) in [4.78, 5) is 14.6. The largest absolute Gasteiger partial charge is 0.399 e. The Bertz CT molecular complexity index is 471. The maximum atomic E-state index is 12.7. The number of benzene rings is 1. The summed E-state index contributed by atoms with van der Waals surface area (Å²) in [6.07, 6.45) is 0. The number of hydrogen-bond donors (Lipinski definition) is 1. The molecule has 104 valence electrons. The molecule has 0 spiro atoms. The van der Waals surface area contributed by atoms with E-state index in [0.717, 1.165) is 5.56 Å². The van der Waals surface area contributed by atoms with Gasteiger partial charge in [-0.1, -0.05) is 12.1 Å². The van der Waals surface area contributed by atoms with Gasteiger partial charge in [-0.15, -0.1) is 0 Å². The van der Waals surface area contributed by atoms with Crippen molar-refractivity contribution in [2.75, 3.05) is 25.5 Å². The third kappa shape index (κ3) is 2.89. The summed E-state index contributed by atoms with van der Waals surface area (Å²) in [5.74, 6) is -0.0419. The lowest BCUT2D eigenvalue weighted by Gasteiger charge is -2.43. The molecule has 4 nitrogen and oxygen atoms in total. The summed E-state index contributed by atoms with van der Waals surface area (Å²) in [6, 6.07) is 7.54. The highest BCUT2D eigenvalue weighted by atomic mass is 16.5. The smallest absolute Gasteiger partial charge is 0.230 e. The second-order valence-electron chi connectivity index (χ2n) is 5.75. The molecule has 0 radical (unpaired) electrons. The predicted molar refractivity (Wildman–Crippen MR) is 75.9 cm³/mol. The lowest BCUT2D eigenvalue weighted by molar-refractivity contribution is -0.147. The minimum absolute atomic E-state index is 0.138. The zero-order chi connectivity index (χ0) is 14.0. The molecule has 19 heavy (non-hydrogen) atoms. The van der Waals surface area contributed by atoms with E-state index in [9.17, 15) is 4.79 Å². The first-order valence-corrected chi connectivity index (χ1v) is 6.66. The Morgan fingerprint density at radius 2 is 2.21 bits per heavy atom. The summed E-state index contributed by atoms with van der Waals surface area (Å²) >= 11 is 0. The number of carbonyl (C=O) groups excluding carboxylic acids is 1. The van der Waals surface area contributed by atoms with Gasteiger partial charge in [-0.2, -0.15) is 0 Å². The van der Waals surface area contributed by atoms with Gasteiger partial charge in [-0.05, 0) is 38.5 Å². The number of anilines is 1. The van der Waals surface area contributed by atoms with Crippen molar-refractivity contribution in [2.45, 2.75) is 32.2 Å². The molecular weight excluding hydrogens is 240 g/mol. The molecule has 1 atom stereocenters. The van der Waals surface area contributed by atoms with E-state index >= 15 is 0 Å². The molecule has 0 bridgehead atoms. The molecule has 1 aliphatic rings. The van der Waals surface area contributed by atoms with Gasteiger partial charge < -0.3 is 15.4 Å². The van der Waals surface area contributed by atoms with Crippen LogP contribution in [-0.4, -0.2) is 36.1 Å². The molecule has 1 aliphatic heterocycles. The average Bonchev–Trinajstić information content (AvgIpc) is 2.36. The Kier molecular flexibility index (Phi) is 3.80. The maximum Gasteiger partial charge on any atom is 0.230 e. The third-order valence-electron chi connectivity index (χ3n) is 3.69. The first-order chi connectivity index (χ1) is 8.92. The van der Waals surface area contributed by atoms with Crippen LogP contribution in [0.1, 0.15) is 32.3 Å². The predicted octanol–water partition coefficient (Wildman–Crippen LogP) is 2.01. The van der Waals surface area contributed by atoms with Crippen LogP contribution in [0.4, 0.5) is 5.69 Å². The van der Waals surface area contributed by atoms with Gasteiger partial charge in [0.15, 0.2) is 0 Å². The summed E-state index contributed by atoms with van der Waals surface area (Å²) in [5.41, 5.74) is 7.20. The van der Waals surface area contributed by atoms with Crippen LogP contribution in [0.5, 0.6) is 0 Å². The van der Waals surface area contributed by atoms with E-state index in [0.29, 0.717) is 25.4 Å². The zero-order valence-corrected chi connectivity index (χ0v) is 11.8. The molecule has 4 heteroatoms. The Balaban J connectivity index is 2.19. The van der Waals surface area contributed by atoms with Crippen LogP contribution in [0.15, 0.2) is 24.3 Å². The molecule has 2 rings (SSSR count). The molecule has 1 unspecified atom stereocenters. The van der Waals surface area contributed by atoms with Gasteiger partial charge in [0.1, 0.15) is 0 Å². The highest BCUT2D eigenvalue weighted by Gasteiger charge is 2.36. The molecule has 2 N–H and O–H groups in total. The fraction of sp³-hybridized carbons (Fsp3) is 0.533. The van der Waals surface area contributed by atoms with Crippen molar-refractivity contribution in [3.8, 4) is 0 Å². The second-order valence-corrected chi connectivity index (χ2v) is 5.75. The van der Waals surface area contributed by atoms with E-state index in [1.165, 1.54) is 0 Å². The van der Waals surface area contributed by atoms with Gasteiger partial charge in [-0.25, -0.2) is 0 Å². The summed E-state index contributed by atoms with van der Waals surface area (Å²) in [7, 11) is 0.